The van der Waals surface area contributed by atoms with E-state index in [1.54, 1.807) is 0 Å². The maximum Gasteiger partial charge on any atom is 0.0437 e. The Labute approximate surface area is 112 Å². The Morgan fingerprint density at radius 1 is 1.17 bits per heavy atom. The molecule has 0 radical (unpaired) electrons. The van der Waals surface area contributed by atoms with E-state index in [0.29, 0.717) is 12.0 Å². The van der Waals surface area contributed by atoms with Gasteiger partial charge in [-0.3, -0.25) is 0 Å². The van der Waals surface area contributed by atoms with Crippen molar-refractivity contribution < 1.29 is 0 Å². The van der Waals surface area contributed by atoms with Gasteiger partial charge in [-0.1, -0.05) is 44.4 Å². The number of hydrogen-bond donors (Lipinski definition) is 1. The van der Waals surface area contributed by atoms with Gasteiger partial charge in [0.05, 0.1) is 0 Å². The summed E-state index contributed by atoms with van der Waals surface area (Å²) in [6, 6.07) is 7.07. The summed E-state index contributed by atoms with van der Waals surface area (Å²) < 4.78 is 0. The first kappa shape index (κ1) is 15.0. The van der Waals surface area contributed by atoms with Crippen LogP contribution in [0.2, 0.25) is 0 Å². The molecule has 0 spiro atoms. The molecule has 0 saturated heterocycles. The topological polar surface area (TPSA) is 29.3 Å². The second kappa shape index (κ2) is 6.79. The van der Waals surface area contributed by atoms with Gasteiger partial charge in [0.2, 0.25) is 0 Å². The summed E-state index contributed by atoms with van der Waals surface area (Å²) in [5, 5.41) is 0. The lowest BCUT2D eigenvalue weighted by Gasteiger charge is -2.35. The zero-order chi connectivity index (χ0) is 13.7. The van der Waals surface area contributed by atoms with E-state index in [4.69, 9.17) is 5.73 Å². The number of hydrogen-bond acceptors (Lipinski definition) is 2. The Morgan fingerprint density at radius 2 is 1.78 bits per heavy atom. The van der Waals surface area contributed by atoms with Gasteiger partial charge in [-0.2, -0.15) is 0 Å². The van der Waals surface area contributed by atoms with E-state index in [2.05, 4.69) is 57.8 Å². The Bertz CT molecular complexity index is 369. The molecule has 0 bridgehead atoms. The van der Waals surface area contributed by atoms with Crippen LogP contribution in [0.1, 0.15) is 37.8 Å². The fraction of sp³-hybridized carbons (Fsp3) is 0.625. The Kier molecular flexibility index (Phi) is 5.67. The Morgan fingerprint density at radius 3 is 2.22 bits per heavy atom. The highest BCUT2D eigenvalue weighted by atomic mass is 15.1. The summed E-state index contributed by atoms with van der Waals surface area (Å²) in [5.74, 6) is 0.667. The number of likely N-dealkylation sites (N-methyl/N-ethyl adjacent to an activating group) is 1. The van der Waals surface area contributed by atoms with E-state index in [0.717, 1.165) is 6.54 Å². The standard InChI is InChI=1S/C16H28N2/c1-6-14(7-2)16(11-17)18(5)15-9-8-12(3)10-13(15)4/h8-10,14,16H,6-7,11,17H2,1-5H3. The van der Waals surface area contributed by atoms with Crippen molar-refractivity contribution in [3.8, 4) is 0 Å². The fourth-order valence-corrected chi connectivity index (χ4v) is 2.88. The van der Waals surface area contributed by atoms with Crippen molar-refractivity contribution in [1.82, 2.24) is 0 Å². The van der Waals surface area contributed by atoms with Crippen molar-refractivity contribution >= 4 is 5.69 Å². The molecule has 0 fully saturated rings. The first-order valence-corrected chi connectivity index (χ1v) is 7.05. The lowest BCUT2D eigenvalue weighted by molar-refractivity contribution is 0.388. The van der Waals surface area contributed by atoms with Crippen LogP contribution in [-0.4, -0.2) is 19.6 Å². The van der Waals surface area contributed by atoms with Crippen molar-refractivity contribution in [2.45, 2.75) is 46.6 Å². The SMILES string of the molecule is CCC(CC)C(CN)N(C)c1ccc(C)cc1C. The van der Waals surface area contributed by atoms with Crippen LogP contribution in [-0.2, 0) is 0 Å². The fourth-order valence-electron chi connectivity index (χ4n) is 2.88. The minimum absolute atomic E-state index is 0.432. The largest absolute Gasteiger partial charge is 0.370 e. The van der Waals surface area contributed by atoms with E-state index in [1.807, 2.05) is 0 Å². The summed E-state index contributed by atoms with van der Waals surface area (Å²) in [7, 11) is 2.17. The quantitative estimate of drug-likeness (QED) is 0.835. The van der Waals surface area contributed by atoms with Crippen molar-refractivity contribution in [3.05, 3.63) is 29.3 Å². The van der Waals surface area contributed by atoms with Crippen LogP contribution in [0, 0.1) is 19.8 Å². The molecule has 0 aliphatic rings. The number of aryl methyl sites for hydroxylation is 2. The predicted octanol–water partition coefficient (Wildman–Crippen LogP) is 3.50. The summed E-state index contributed by atoms with van der Waals surface area (Å²) in [5.41, 5.74) is 9.96. The molecule has 102 valence electrons. The van der Waals surface area contributed by atoms with Gasteiger partial charge < -0.3 is 10.6 Å². The second-order valence-electron chi connectivity index (χ2n) is 5.28. The van der Waals surface area contributed by atoms with Gasteiger partial charge in [-0.25, -0.2) is 0 Å². The molecule has 0 aromatic heterocycles. The molecule has 1 atom stereocenters. The van der Waals surface area contributed by atoms with Gasteiger partial charge in [-0.05, 0) is 31.4 Å². The molecule has 1 aromatic carbocycles. The molecular weight excluding hydrogens is 220 g/mol. The summed E-state index contributed by atoms with van der Waals surface area (Å²) >= 11 is 0. The first-order chi connectivity index (χ1) is 8.54. The zero-order valence-corrected chi connectivity index (χ0v) is 12.5. The molecule has 1 unspecified atom stereocenters. The van der Waals surface area contributed by atoms with Crippen LogP contribution < -0.4 is 10.6 Å². The zero-order valence-electron chi connectivity index (χ0n) is 12.5. The van der Waals surface area contributed by atoms with Crippen molar-refractivity contribution in [2.24, 2.45) is 11.7 Å². The normalized spacial score (nSPS) is 12.8. The number of anilines is 1. The molecule has 2 N–H and O–H groups in total. The molecule has 0 aliphatic carbocycles. The van der Waals surface area contributed by atoms with Crippen molar-refractivity contribution in [2.75, 3.05) is 18.5 Å². The molecule has 1 aromatic rings. The molecule has 2 heteroatoms. The highest BCUT2D eigenvalue weighted by molar-refractivity contribution is 5.54. The summed E-state index contributed by atoms with van der Waals surface area (Å²) in [6.07, 6.45) is 2.38. The minimum Gasteiger partial charge on any atom is -0.370 e. The third-order valence-electron chi connectivity index (χ3n) is 4.06. The number of rotatable bonds is 6. The number of nitrogens with two attached hydrogens (primary N) is 1. The number of nitrogens with zero attached hydrogens (tertiary/aromatic N) is 1. The van der Waals surface area contributed by atoms with Gasteiger partial charge in [0.15, 0.2) is 0 Å². The molecular formula is C16H28N2. The van der Waals surface area contributed by atoms with Crippen molar-refractivity contribution in [3.63, 3.8) is 0 Å². The van der Waals surface area contributed by atoms with Crippen LogP contribution in [0.25, 0.3) is 0 Å². The van der Waals surface area contributed by atoms with E-state index in [1.165, 1.54) is 29.7 Å². The lowest BCUT2D eigenvalue weighted by Crippen LogP contribution is -2.43. The van der Waals surface area contributed by atoms with E-state index in [9.17, 15) is 0 Å². The van der Waals surface area contributed by atoms with Gasteiger partial charge in [0.1, 0.15) is 0 Å². The van der Waals surface area contributed by atoms with Gasteiger partial charge in [0.25, 0.3) is 0 Å². The predicted molar refractivity (Wildman–Crippen MR) is 81.2 cm³/mol. The molecule has 18 heavy (non-hydrogen) atoms. The minimum atomic E-state index is 0.432. The van der Waals surface area contributed by atoms with Crippen molar-refractivity contribution in [1.29, 1.82) is 0 Å². The highest BCUT2D eigenvalue weighted by Crippen LogP contribution is 2.26. The molecule has 0 aliphatic heterocycles. The van der Waals surface area contributed by atoms with Crippen LogP contribution in [0.15, 0.2) is 18.2 Å². The maximum atomic E-state index is 6.00. The number of benzene rings is 1. The molecule has 0 heterocycles. The van der Waals surface area contributed by atoms with Gasteiger partial charge >= 0.3 is 0 Å². The smallest absolute Gasteiger partial charge is 0.0437 e. The van der Waals surface area contributed by atoms with E-state index >= 15 is 0 Å². The summed E-state index contributed by atoms with van der Waals surface area (Å²) in [4.78, 5) is 2.37. The first-order valence-electron chi connectivity index (χ1n) is 7.05. The van der Waals surface area contributed by atoms with Crippen LogP contribution in [0.4, 0.5) is 5.69 Å². The van der Waals surface area contributed by atoms with Gasteiger partial charge in [0, 0.05) is 25.3 Å². The van der Waals surface area contributed by atoms with Gasteiger partial charge in [-0.15, -0.1) is 0 Å². The highest BCUT2D eigenvalue weighted by Gasteiger charge is 2.22. The summed E-state index contributed by atoms with van der Waals surface area (Å²) in [6.45, 7) is 9.55. The van der Waals surface area contributed by atoms with E-state index < -0.39 is 0 Å². The molecule has 1 rings (SSSR count). The second-order valence-corrected chi connectivity index (χ2v) is 5.28. The molecule has 0 saturated carbocycles. The Hall–Kier alpha value is -1.02. The molecule has 2 nitrogen and oxygen atoms in total. The third kappa shape index (κ3) is 3.26. The van der Waals surface area contributed by atoms with E-state index in [-0.39, 0.29) is 0 Å². The van der Waals surface area contributed by atoms with Crippen LogP contribution >= 0.6 is 0 Å². The average molecular weight is 248 g/mol. The van der Waals surface area contributed by atoms with Crippen LogP contribution in [0.3, 0.4) is 0 Å². The average Bonchev–Trinajstić information content (AvgIpc) is 2.35. The third-order valence-corrected chi connectivity index (χ3v) is 4.06. The molecule has 0 amide bonds. The maximum absolute atomic E-state index is 6.00. The van der Waals surface area contributed by atoms with Crippen LogP contribution in [0.5, 0.6) is 0 Å². The lowest BCUT2D eigenvalue weighted by atomic mass is 9.92. The Balaban J connectivity index is 2.99. The monoisotopic (exact) mass is 248 g/mol.